The Balaban J connectivity index is 1.20. The van der Waals surface area contributed by atoms with Crippen LogP contribution in [0.3, 0.4) is 0 Å². The number of urea groups is 1. The fraction of sp³-hybridized carbons (Fsp3) is 0.194. The lowest BCUT2D eigenvalue weighted by Crippen LogP contribution is -2.38. The molecule has 0 aliphatic carbocycles. The van der Waals surface area contributed by atoms with Crippen molar-refractivity contribution < 1.29 is 19.0 Å². The minimum Gasteiger partial charge on any atom is -0.475 e. The van der Waals surface area contributed by atoms with Crippen molar-refractivity contribution in [2.75, 3.05) is 29.5 Å². The predicted molar refractivity (Wildman–Crippen MR) is 172 cm³/mol. The average molecular weight is 587 g/mol. The molecular weight excluding hydrogens is 552 g/mol. The first-order valence-electron chi connectivity index (χ1n) is 14.8. The van der Waals surface area contributed by atoms with Crippen molar-refractivity contribution in [1.82, 2.24) is 4.90 Å². The third-order valence-corrected chi connectivity index (χ3v) is 8.40. The zero-order valence-corrected chi connectivity index (χ0v) is 24.4. The minimum atomic E-state index is -0.965. The maximum Gasteiger partial charge on any atom is 0.321 e. The fourth-order valence-corrected chi connectivity index (χ4v) is 6.22. The van der Waals surface area contributed by atoms with Crippen LogP contribution in [0.5, 0.6) is 11.5 Å². The summed E-state index contributed by atoms with van der Waals surface area (Å²) in [6.07, 6.45) is 3.20. The third kappa shape index (κ3) is 4.88. The number of carbonyl (C=O) groups is 1. The van der Waals surface area contributed by atoms with E-state index >= 15 is 0 Å². The van der Waals surface area contributed by atoms with Gasteiger partial charge in [-0.05, 0) is 67.8 Å². The zero-order valence-electron chi connectivity index (χ0n) is 24.4. The molecule has 2 amide bonds. The highest BCUT2D eigenvalue weighted by Crippen LogP contribution is 2.59. The SMILES string of the molecule is C=C(Nc1ccc2c(c1)Oc1cc(NC(=O)N3CCCCC3)ccc1C21OC(=C)c2ccccc21)OCc1ccc(N)cc1. The van der Waals surface area contributed by atoms with Crippen LogP contribution in [0.4, 0.5) is 21.9 Å². The number of amides is 2. The average Bonchev–Trinajstić information content (AvgIpc) is 3.33. The van der Waals surface area contributed by atoms with Crippen molar-refractivity contribution in [3.63, 3.8) is 0 Å². The van der Waals surface area contributed by atoms with Crippen LogP contribution in [0, 0.1) is 0 Å². The van der Waals surface area contributed by atoms with Gasteiger partial charge in [-0.2, -0.15) is 0 Å². The molecule has 0 aromatic heterocycles. The second-order valence-electron chi connectivity index (χ2n) is 11.3. The summed E-state index contributed by atoms with van der Waals surface area (Å²) in [5, 5.41) is 6.30. The number of fused-ring (bicyclic) bond motifs is 6. The summed E-state index contributed by atoms with van der Waals surface area (Å²) >= 11 is 0. The third-order valence-electron chi connectivity index (χ3n) is 8.40. The lowest BCUT2D eigenvalue weighted by atomic mass is 9.77. The number of rotatable bonds is 6. The molecule has 1 saturated heterocycles. The number of likely N-dealkylation sites (tertiary alicyclic amines) is 1. The van der Waals surface area contributed by atoms with E-state index in [-0.39, 0.29) is 6.03 Å². The van der Waals surface area contributed by atoms with Gasteiger partial charge in [0, 0.05) is 64.5 Å². The Kier molecular flexibility index (Phi) is 6.89. The molecule has 222 valence electrons. The van der Waals surface area contributed by atoms with Gasteiger partial charge in [0.15, 0.2) is 11.5 Å². The topological polar surface area (TPSA) is 98.1 Å². The fourth-order valence-electron chi connectivity index (χ4n) is 6.22. The molecule has 4 aromatic carbocycles. The maximum atomic E-state index is 13.0. The summed E-state index contributed by atoms with van der Waals surface area (Å²) in [6, 6.07) is 27.1. The van der Waals surface area contributed by atoms with Crippen molar-refractivity contribution in [2.45, 2.75) is 31.5 Å². The molecule has 44 heavy (non-hydrogen) atoms. The van der Waals surface area contributed by atoms with E-state index in [1.807, 2.05) is 83.8 Å². The highest BCUT2D eigenvalue weighted by atomic mass is 16.5. The number of ether oxygens (including phenoxy) is 3. The van der Waals surface area contributed by atoms with Crippen molar-refractivity contribution >= 4 is 28.9 Å². The molecule has 0 bridgehead atoms. The van der Waals surface area contributed by atoms with E-state index in [0.717, 1.165) is 65.9 Å². The van der Waals surface area contributed by atoms with E-state index in [1.165, 1.54) is 0 Å². The summed E-state index contributed by atoms with van der Waals surface area (Å²) in [6.45, 7) is 10.2. The van der Waals surface area contributed by atoms with E-state index in [2.05, 4.69) is 29.9 Å². The molecule has 0 saturated carbocycles. The van der Waals surface area contributed by atoms with Crippen LogP contribution in [-0.4, -0.2) is 24.0 Å². The molecule has 7 rings (SSSR count). The summed E-state index contributed by atoms with van der Waals surface area (Å²) in [7, 11) is 0. The number of benzene rings is 4. The number of hydrogen-bond acceptors (Lipinski definition) is 6. The van der Waals surface area contributed by atoms with E-state index in [1.54, 1.807) is 0 Å². The van der Waals surface area contributed by atoms with Gasteiger partial charge < -0.3 is 35.5 Å². The summed E-state index contributed by atoms with van der Waals surface area (Å²) in [5.74, 6) is 2.19. The van der Waals surface area contributed by atoms with Gasteiger partial charge in [0.2, 0.25) is 0 Å². The van der Waals surface area contributed by atoms with Gasteiger partial charge in [-0.15, -0.1) is 0 Å². The first kappa shape index (κ1) is 27.5. The molecule has 1 unspecified atom stereocenters. The Morgan fingerprint density at radius 3 is 2.23 bits per heavy atom. The number of nitrogen functional groups attached to an aromatic ring is 1. The van der Waals surface area contributed by atoms with Gasteiger partial charge in [-0.1, -0.05) is 43.0 Å². The highest BCUT2D eigenvalue weighted by molar-refractivity contribution is 5.90. The van der Waals surface area contributed by atoms with Crippen LogP contribution in [-0.2, 0) is 21.7 Å². The number of nitrogens with two attached hydrogens (primary N) is 1. The quantitative estimate of drug-likeness (QED) is 0.158. The monoisotopic (exact) mass is 586 g/mol. The first-order chi connectivity index (χ1) is 21.4. The Labute approximate surface area is 256 Å². The number of hydrogen-bond donors (Lipinski definition) is 3. The van der Waals surface area contributed by atoms with Crippen LogP contribution < -0.4 is 21.1 Å². The molecule has 4 aromatic rings. The first-order valence-corrected chi connectivity index (χ1v) is 14.8. The maximum absolute atomic E-state index is 13.0. The number of piperidine rings is 1. The second-order valence-corrected chi connectivity index (χ2v) is 11.3. The normalized spacial score (nSPS) is 17.9. The van der Waals surface area contributed by atoms with Gasteiger partial charge in [0.05, 0.1) is 0 Å². The smallest absolute Gasteiger partial charge is 0.321 e. The van der Waals surface area contributed by atoms with Gasteiger partial charge >= 0.3 is 6.03 Å². The Morgan fingerprint density at radius 2 is 1.52 bits per heavy atom. The number of carbonyl (C=O) groups excluding carboxylic acids is 1. The van der Waals surface area contributed by atoms with Crippen molar-refractivity contribution in [3.05, 3.63) is 132 Å². The summed E-state index contributed by atoms with van der Waals surface area (Å²) in [5.41, 5.74) is 11.5. The Morgan fingerprint density at radius 1 is 0.864 bits per heavy atom. The molecule has 3 aliphatic heterocycles. The molecule has 1 spiro atoms. The van der Waals surface area contributed by atoms with E-state index in [4.69, 9.17) is 19.9 Å². The minimum absolute atomic E-state index is 0.101. The van der Waals surface area contributed by atoms with Crippen LogP contribution in [0.2, 0.25) is 0 Å². The van der Waals surface area contributed by atoms with Gasteiger partial charge in [-0.3, -0.25) is 0 Å². The molecule has 3 aliphatic rings. The van der Waals surface area contributed by atoms with E-state index in [0.29, 0.717) is 41.1 Å². The van der Waals surface area contributed by atoms with Crippen LogP contribution in [0.25, 0.3) is 5.76 Å². The molecule has 1 fully saturated rings. The Bertz CT molecular complexity index is 1780. The number of anilines is 3. The van der Waals surface area contributed by atoms with E-state index in [9.17, 15) is 4.79 Å². The predicted octanol–water partition coefficient (Wildman–Crippen LogP) is 7.79. The van der Waals surface area contributed by atoms with Gasteiger partial charge in [0.1, 0.15) is 23.9 Å². The molecule has 8 nitrogen and oxygen atoms in total. The molecule has 3 heterocycles. The Hall–Kier alpha value is -5.37. The molecule has 0 radical (unpaired) electrons. The second kappa shape index (κ2) is 11.0. The van der Waals surface area contributed by atoms with Gasteiger partial charge in [0.25, 0.3) is 0 Å². The standard InChI is InChI=1S/C36H34N4O4/c1-23-29-8-4-5-9-30(29)36(44-23)31-16-14-27(38-24(2)42-22-25-10-12-26(37)13-11-25)20-33(31)43-34-21-28(15-17-32(34)36)39-35(41)40-18-6-3-7-19-40/h4-5,8-17,20-21,38H,1-3,6-7,18-19,22,37H2,(H,39,41). The zero-order chi connectivity index (χ0) is 30.3. The van der Waals surface area contributed by atoms with Crippen molar-refractivity contribution in [1.29, 1.82) is 0 Å². The molecule has 8 heteroatoms. The van der Waals surface area contributed by atoms with Crippen LogP contribution >= 0.6 is 0 Å². The number of nitrogens with one attached hydrogen (secondary N) is 2. The van der Waals surface area contributed by atoms with Crippen molar-refractivity contribution in [2.24, 2.45) is 0 Å². The molecular formula is C36H34N4O4. The summed E-state index contributed by atoms with van der Waals surface area (Å²) in [4.78, 5) is 14.9. The largest absolute Gasteiger partial charge is 0.475 e. The number of nitrogens with zero attached hydrogens (tertiary/aromatic N) is 1. The van der Waals surface area contributed by atoms with E-state index < -0.39 is 5.60 Å². The lowest BCUT2D eigenvalue weighted by molar-refractivity contribution is 0.126. The molecule has 1 atom stereocenters. The van der Waals surface area contributed by atoms with Crippen molar-refractivity contribution in [3.8, 4) is 11.5 Å². The van der Waals surface area contributed by atoms with Crippen LogP contribution in [0.1, 0.15) is 47.1 Å². The lowest BCUT2D eigenvalue weighted by Gasteiger charge is -2.37. The summed E-state index contributed by atoms with van der Waals surface area (Å²) < 4.78 is 19.1. The van der Waals surface area contributed by atoms with Crippen LogP contribution in [0.15, 0.2) is 104 Å². The van der Waals surface area contributed by atoms with Gasteiger partial charge in [-0.25, -0.2) is 4.79 Å². The highest BCUT2D eigenvalue weighted by Gasteiger charge is 2.51. The molecule has 4 N–H and O–H groups in total.